The highest BCUT2D eigenvalue weighted by atomic mass is 32.1. The van der Waals surface area contributed by atoms with Gasteiger partial charge < -0.3 is 15.4 Å². The van der Waals surface area contributed by atoms with Crippen molar-refractivity contribution in [3.63, 3.8) is 0 Å². The van der Waals surface area contributed by atoms with Gasteiger partial charge in [-0.25, -0.2) is 4.98 Å². The number of nitrogens with two attached hydrogens (primary N) is 1. The quantitative estimate of drug-likeness (QED) is 0.836. The van der Waals surface area contributed by atoms with Gasteiger partial charge in [0.05, 0.1) is 23.8 Å². The van der Waals surface area contributed by atoms with E-state index in [9.17, 15) is 0 Å². The molecular weight excluding hydrogens is 222 g/mol. The second-order valence-electron chi connectivity index (χ2n) is 4.51. The standard InChI is InChI=1S/C11H17N3OS/c12-5-8-1-3-14(6-8)11-13-9-2-4-15-7-10(9)16-11/h8H,1-7,12H2. The van der Waals surface area contributed by atoms with E-state index in [1.165, 1.54) is 22.1 Å². The van der Waals surface area contributed by atoms with Gasteiger partial charge in [-0.05, 0) is 18.9 Å². The predicted octanol–water partition coefficient (Wildman–Crippen LogP) is 1.00. The SMILES string of the molecule is NCC1CCN(c2nc3c(s2)COCC3)C1. The van der Waals surface area contributed by atoms with Crippen molar-refractivity contribution in [2.45, 2.75) is 19.4 Å². The number of ether oxygens (including phenoxy) is 1. The molecule has 2 N–H and O–H groups in total. The van der Waals surface area contributed by atoms with Gasteiger partial charge in [0, 0.05) is 19.5 Å². The van der Waals surface area contributed by atoms with Gasteiger partial charge in [-0.15, -0.1) is 0 Å². The zero-order valence-electron chi connectivity index (χ0n) is 9.32. The molecule has 1 fully saturated rings. The minimum absolute atomic E-state index is 0.650. The number of anilines is 1. The molecule has 0 spiro atoms. The third-order valence-electron chi connectivity index (χ3n) is 3.37. The van der Waals surface area contributed by atoms with E-state index in [2.05, 4.69) is 4.90 Å². The van der Waals surface area contributed by atoms with Crippen LogP contribution in [0.25, 0.3) is 0 Å². The van der Waals surface area contributed by atoms with Gasteiger partial charge in [-0.2, -0.15) is 0 Å². The van der Waals surface area contributed by atoms with Crippen molar-refractivity contribution in [3.05, 3.63) is 10.6 Å². The summed E-state index contributed by atoms with van der Waals surface area (Å²) in [5.41, 5.74) is 6.96. The van der Waals surface area contributed by atoms with Gasteiger partial charge in [0.15, 0.2) is 5.13 Å². The number of aromatic nitrogens is 1. The van der Waals surface area contributed by atoms with E-state index >= 15 is 0 Å². The molecule has 3 heterocycles. The Morgan fingerprint density at radius 2 is 2.50 bits per heavy atom. The van der Waals surface area contributed by atoms with Crippen molar-refractivity contribution in [2.75, 3.05) is 31.1 Å². The fraction of sp³-hybridized carbons (Fsp3) is 0.727. The lowest BCUT2D eigenvalue weighted by molar-refractivity contribution is 0.112. The second kappa shape index (κ2) is 4.31. The van der Waals surface area contributed by atoms with Crippen LogP contribution < -0.4 is 10.6 Å². The summed E-state index contributed by atoms with van der Waals surface area (Å²) < 4.78 is 5.45. The van der Waals surface area contributed by atoms with Crippen LogP contribution in [0.2, 0.25) is 0 Å². The molecule has 0 radical (unpaired) electrons. The van der Waals surface area contributed by atoms with Crippen LogP contribution in [0.1, 0.15) is 17.0 Å². The largest absolute Gasteiger partial charge is 0.375 e. The molecule has 1 atom stereocenters. The number of hydrogen-bond donors (Lipinski definition) is 1. The van der Waals surface area contributed by atoms with Gasteiger partial charge in [-0.1, -0.05) is 11.3 Å². The third-order valence-corrected chi connectivity index (χ3v) is 4.50. The van der Waals surface area contributed by atoms with Crippen molar-refractivity contribution in [1.82, 2.24) is 4.98 Å². The Morgan fingerprint density at radius 3 is 3.25 bits per heavy atom. The van der Waals surface area contributed by atoms with Gasteiger partial charge in [0.25, 0.3) is 0 Å². The summed E-state index contributed by atoms with van der Waals surface area (Å²) in [4.78, 5) is 8.42. The van der Waals surface area contributed by atoms with Gasteiger partial charge in [0.1, 0.15) is 0 Å². The molecule has 1 aromatic rings. The normalized spacial score (nSPS) is 24.8. The molecular formula is C11H17N3OS. The van der Waals surface area contributed by atoms with E-state index in [0.29, 0.717) is 5.92 Å². The smallest absolute Gasteiger partial charge is 0.185 e. The molecule has 2 aliphatic heterocycles. The number of fused-ring (bicyclic) bond motifs is 1. The molecule has 0 bridgehead atoms. The Labute approximate surface area is 99.4 Å². The molecule has 1 unspecified atom stereocenters. The van der Waals surface area contributed by atoms with Crippen molar-refractivity contribution in [2.24, 2.45) is 11.7 Å². The molecule has 88 valence electrons. The highest BCUT2D eigenvalue weighted by Gasteiger charge is 2.25. The Morgan fingerprint density at radius 1 is 1.56 bits per heavy atom. The summed E-state index contributed by atoms with van der Waals surface area (Å²) in [6, 6.07) is 0. The Kier molecular flexibility index (Phi) is 2.83. The Balaban J connectivity index is 1.77. The number of nitrogens with zero attached hydrogens (tertiary/aromatic N) is 2. The first-order valence-corrected chi connectivity index (χ1v) is 6.70. The first-order valence-electron chi connectivity index (χ1n) is 5.88. The number of rotatable bonds is 2. The monoisotopic (exact) mass is 239 g/mol. The first kappa shape index (κ1) is 10.5. The average molecular weight is 239 g/mol. The van der Waals surface area contributed by atoms with Crippen LogP contribution in [0.5, 0.6) is 0 Å². The molecule has 0 amide bonds. The average Bonchev–Trinajstić information content (AvgIpc) is 2.95. The lowest BCUT2D eigenvalue weighted by atomic mass is 10.1. The summed E-state index contributed by atoms with van der Waals surface area (Å²) in [5.74, 6) is 0.650. The maximum absolute atomic E-state index is 5.71. The molecule has 0 aliphatic carbocycles. The maximum Gasteiger partial charge on any atom is 0.185 e. The molecule has 16 heavy (non-hydrogen) atoms. The molecule has 0 aromatic carbocycles. The van der Waals surface area contributed by atoms with Crippen LogP contribution in [0, 0.1) is 5.92 Å². The van der Waals surface area contributed by atoms with Crippen molar-refractivity contribution < 1.29 is 4.74 Å². The maximum atomic E-state index is 5.71. The van der Waals surface area contributed by atoms with Crippen LogP contribution in [0.4, 0.5) is 5.13 Å². The molecule has 0 saturated carbocycles. The zero-order chi connectivity index (χ0) is 11.0. The molecule has 1 aromatic heterocycles. The minimum Gasteiger partial charge on any atom is -0.375 e. The summed E-state index contributed by atoms with van der Waals surface area (Å²) in [6.45, 7) is 4.55. The van der Waals surface area contributed by atoms with Crippen LogP contribution in [-0.2, 0) is 17.8 Å². The summed E-state index contributed by atoms with van der Waals surface area (Å²) in [7, 11) is 0. The van der Waals surface area contributed by atoms with Crippen LogP contribution in [0.15, 0.2) is 0 Å². The number of hydrogen-bond acceptors (Lipinski definition) is 5. The van der Waals surface area contributed by atoms with Crippen molar-refractivity contribution in [3.8, 4) is 0 Å². The third kappa shape index (κ3) is 1.83. The highest BCUT2D eigenvalue weighted by molar-refractivity contribution is 7.15. The molecule has 2 aliphatic rings. The van der Waals surface area contributed by atoms with Crippen LogP contribution >= 0.6 is 11.3 Å². The molecule has 3 rings (SSSR count). The van der Waals surface area contributed by atoms with Crippen molar-refractivity contribution >= 4 is 16.5 Å². The van der Waals surface area contributed by atoms with E-state index in [4.69, 9.17) is 15.5 Å². The lowest BCUT2D eigenvalue weighted by Crippen LogP contribution is -2.22. The summed E-state index contributed by atoms with van der Waals surface area (Å²) >= 11 is 1.79. The fourth-order valence-electron chi connectivity index (χ4n) is 2.35. The Bertz CT molecular complexity index is 356. The van der Waals surface area contributed by atoms with E-state index in [1.807, 2.05) is 0 Å². The van der Waals surface area contributed by atoms with Gasteiger partial charge in [0.2, 0.25) is 0 Å². The topological polar surface area (TPSA) is 51.4 Å². The summed E-state index contributed by atoms with van der Waals surface area (Å²) in [5, 5.41) is 1.17. The Hall–Kier alpha value is -0.650. The highest BCUT2D eigenvalue weighted by Crippen LogP contribution is 2.32. The first-order chi connectivity index (χ1) is 7.86. The second-order valence-corrected chi connectivity index (χ2v) is 5.57. The number of thiazole rings is 1. The van der Waals surface area contributed by atoms with Crippen molar-refractivity contribution in [1.29, 1.82) is 0 Å². The van der Waals surface area contributed by atoms with E-state index in [-0.39, 0.29) is 0 Å². The van der Waals surface area contributed by atoms with E-state index < -0.39 is 0 Å². The van der Waals surface area contributed by atoms with Crippen LogP contribution in [-0.4, -0.2) is 31.2 Å². The predicted molar refractivity (Wildman–Crippen MR) is 64.8 cm³/mol. The van der Waals surface area contributed by atoms with Crippen LogP contribution in [0.3, 0.4) is 0 Å². The zero-order valence-corrected chi connectivity index (χ0v) is 10.1. The lowest BCUT2D eigenvalue weighted by Gasteiger charge is -2.13. The van der Waals surface area contributed by atoms with E-state index in [0.717, 1.165) is 39.3 Å². The molecule has 5 heteroatoms. The molecule has 1 saturated heterocycles. The summed E-state index contributed by atoms with van der Waals surface area (Å²) in [6.07, 6.45) is 2.18. The minimum atomic E-state index is 0.650. The molecule has 4 nitrogen and oxygen atoms in total. The van der Waals surface area contributed by atoms with Gasteiger partial charge >= 0.3 is 0 Å². The van der Waals surface area contributed by atoms with E-state index in [1.54, 1.807) is 11.3 Å². The van der Waals surface area contributed by atoms with Gasteiger partial charge in [-0.3, -0.25) is 0 Å². The fourth-order valence-corrected chi connectivity index (χ4v) is 3.42.